The Morgan fingerprint density at radius 1 is 1.39 bits per heavy atom. The first-order valence-electron chi connectivity index (χ1n) is 5.15. The quantitative estimate of drug-likeness (QED) is 0.578. The van der Waals surface area contributed by atoms with Crippen molar-refractivity contribution in [3.63, 3.8) is 0 Å². The number of aliphatic hydroxyl groups is 2. The Morgan fingerprint density at radius 2 is 1.89 bits per heavy atom. The van der Waals surface area contributed by atoms with Gasteiger partial charge in [-0.2, -0.15) is 0 Å². The van der Waals surface area contributed by atoms with E-state index in [2.05, 4.69) is 4.74 Å². The molecule has 1 rings (SSSR count). The van der Waals surface area contributed by atoms with Crippen molar-refractivity contribution in [2.24, 2.45) is 0 Å². The average Bonchev–Trinajstić information content (AvgIpc) is 2.26. The first kappa shape index (κ1) is 15.0. The van der Waals surface area contributed by atoms with Gasteiger partial charge in [-0.05, 0) is 19.1 Å². The monoisotopic (exact) mass is 293 g/mol. The molecule has 0 saturated carbocycles. The number of rotatable bonds is 4. The van der Waals surface area contributed by atoms with E-state index in [1.807, 2.05) is 0 Å². The van der Waals surface area contributed by atoms with Crippen LogP contribution in [0.2, 0.25) is 10.0 Å². The summed E-state index contributed by atoms with van der Waals surface area (Å²) in [6, 6.07) is 2.73. The Balaban J connectivity index is 3.03. The van der Waals surface area contributed by atoms with Gasteiger partial charge in [0.1, 0.15) is 6.10 Å². The van der Waals surface area contributed by atoms with Crippen LogP contribution in [-0.4, -0.2) is 28.9 Å². The molecule has 0 aliphatic carbocycles. The SMILES string of the molecule is CCOC(=O)C(O)C(O)c1c(Cl)cc(N)cc1Cl. The van der Waals surface area contributed by atoms with Gasteiger partial charge < -0.3 is 20.7 Å². The second-order valence-electron chi connectivity index (χ2n) is 3.54. The second-order valence-corrected chi connectivity index (χ2v) is 4.35. The molecule has 100 valence electrons. The fourth-order valence-corrected chi connectivity index (χ4v) is 2.13. The lowest BCUT2D eigenvalue weighted by Crippen LogP contribution is -2.30. The fraction of sp³-hybridized carbons (Fsp3) is 0.364. The van der Waals surface area contributed by atoms with Crippen LogP contribution in [0.25, 0.3) is 0 Å². The minimum atomic E-state index is -1.76. The number of esters is 1. The van der Waals surface area contributed by atoms with Gasteiger partial charge in [0.25, 0.3) is 0 Å². The summed E-state index contributed by atoms with van der Waals surface area (Å²) >= 11 is 11.7. The molecular formula is C11H13Cl2NO4. The molecule has 1 aromatic rings. The number of benzene rings is 1. The lowest BCUT2D eigenvalue weighted by Gasteiger charge is -2.19. The zero-order valence-corrected chi connectivity index (χ0v) is 11.1. The number of halogens is 2. The maximum absolute atomic E-state index is 11.3. The molecule has 0 aromatic heterocycles. The number of aliphatic hydroxyl groups excluding tert-OH is 2. The van der Waals surface area contributed by atoms with Crippen molar-refractivity contribution in [2.75, 3.05) is 12.3 Å². The highest BCUT2D eigenvalue weighted by Crippen LogP contribution is 2.34. The number of hydrogen-bond donors (Lipinski definition) is 3. The van der Waals surface area contributed by atoms with E-state index in [0.29, 0.717) is 5.69 Å². The van der Waals surface area contributed by atoms with Gasteiger partial charge in [0.05, 0.1) is 16.7 Å². The summed E-state index contributed by atoms with van der Waals surface area (Å²) in [5.41, 5.74) is 5.85. The van der Waals surface area contributed by atoms with Crippen LogP contribution in [0.4, 0.5) is 5.69 Å². The summed E-state index contributed by atoms with van der Waals surface area (Å²) in [5.74, 6) is -0.950. The Hall–Kier alpha value is -1.01. The average molecular weight is 294 g/mol. The highest BCUT2D eigenvalue weighted by atomic mass is 35.5. The number of nitrogens with two attached hydrogens (primary N) is 1. The van der Waals surface area contributed by atoms with E-state index < -0.39 is 18.2 Å². The maximum Gasteiger partial charge on any atom is 0.338 e. The molecule has 18 heavy (non-hydrogen) atoms. The van der Waals surface area contributed by atoms with Gasteiger partial charge in [0.2, 0.25) is 0 Å². The van der Waals surface area contributed by atoms with Gasteiger partial charge in [-0.25, -0.2) is 4.79 Å². The molecule has 0 heterocycles. The van der Waals surface area contributed by atoms with Gasteiger partial charge >= 0.3 is 5.97 Å². The lowest BCUT2D eigenvalue weighted by atomic mass is 10.0. The molecule has 0 bridgehead atoms. The van der Waals surface area contributed by atoms with Crippen molar-refractivity contribution < 1.29 is 19.7 Å². The predicted octanol–water partition coefficient (Wildman–Crippen LogP) is 1.53. The molecule has 7 heteroatoms. The number of hydrogen-bond acceptors (Lipinski definition) is 5. The molecule has 2 atom stereocenters. The van der Waals surface area contributed by atoms with E-state index in [9.17, 15) is 15.0 Å². The van der Waals surface area contributed by atoms with Crippen LogP contribution in [-0.2, 0) is 9.53 Å². The molecule has 4 N–H and O–H groups in total. The summed E-state index contributed by atoms with van der Waals surface area (Å²) in [5, 5.41) is 19.6. The van der Waals surface area contributed by atoms with Crippen LogP contribution < -0.4 is 5.73 Å². The zero-order valence-electron chi connectivity index (χ0n) is 9.56. The molecule has 1 aromatic carbocycles. The fourth-order valence-electron chi connectivity index (χ4n) is 1.40. The van der Waals surface area contributed by atoms with Crippen molar-refractivity contribution in [3.05, 3.63) is 27.7 Å². The third-order valence-electron chi connectivity index (χ3n) is 2.22. The minimum absolute atomic E-state index is 0.0353. The standard InChI is InChI=1S/C11H13Cl2NO4/c1-2-18-11(17)10(16)9(15)8-6(12)3-5(14)4-7(8)13/h3-4,9-10,15-16H,2,14H2,1H3. The molecular weight excluding hydrogens is 281 g/mol. The summed E-state index contributed by atoms with van der Waals surface area (Å²) in [4.78, 5) is 11.3. The first-order valence-corrected chi connectivity index (χ1v) is 5.91. The van der Waals surface area contributed by atoms with Gasteiger partial charge in [0, 0.05) is 11.3 Å². The highest BCUT2D eigenvalue weighted by Gasteiger charge is 2.30. The molecule has 0 amide bonds. The Morgan fingerprint density at radius 3 is 2.33 bits per heavy atom. The summed E-state index contributed by atoms with van der Waals surface area (Å²) in [6.07, 6.45) is -3.34. The van der Waals surface area contributed by atoms with Crippen molar-refractivity contribution >= 4 is 34.9 Å². The van der Waals surface area contributed by atoms with E-state index in [4.69, 9.17) is 28.9 Å². The van der Waals surface area contributed by atoms with Crippen LogP contribution in [0, 0.1) is 0 Å². The van der Waals surface area contributed by atoms with E-state index >= 15 is 0 Å². The van der Waals surface area contributed by atoms with E-state index in [-0.39, 0.29) is 22.2 Å². The first-order chi connectivity index (χ1) is 8.38. The Kier molecular flexibility index (Phi) is 5.22. The third kappa shape index (κ3) is 3.26. The zero-order chi connectivity index (χ0) is 13.9. The highest BCUT2D eigenvalue weighted by molar-refractivity contribution is 6.36. The molecule has 0 spiro atoms. The van der Waals surface area contributed by atoms with Crippen LogP contribution in [0.15, 0.2) is 12.1 Å². The number of carbonyl (C=O) groups is 1. The molecule has 5 nitrogen and oxygen atoms in total. The smallest absolute Gasteiger partial charge is 0.338 e. The van der Waals surface area contributed by atoms with Crippen LogP contribution in [0.5, 0.6) is 0 Å². The summed E-state index contributed by atoms with van der Waals surface area (Å²) in [7, 11) is 0. The van der Waals surface area contributed by atoms with E-state index in [1.165, 1.54) is 12.1 Å². The van der Waals surface area contributed by atoms with Crippen molar-refractivity contribution in [1.82, 2.24) is 0 Å². The largest absolute Gasteiger partial charge is 0.464 e. The molecule has 0 radical (unpaired) electrons. The van der Waals surface area contributed by atoms with Crippen LogP contribution >= 0.6 is 23.2 Å². The minimum Gasteiger partial charge on any atom is -0.464 e. The normalized spacial score (nSPS) is 14.1. The number of carbonyl (C=O) groups excluding carboxylic acids is 1. The second kappa shape index (κ2) is 6.24. The Bertz CT molecular complexity index is 430. The van der Waals surface area contributed by atoms with Crippen LogP contribution in [0.1, 0.15) is 18.6 Å². The van der Waals surface area contributed by atoms with Gasteiger partial charge in [-0.15, -0.1) is 0 Å². The predicted molar refractivity (Wildman–Crippen MR) is 68.5 cm³/mol. The number of ether oxygens (including phenoxy) is 1. The maximum atomic E-state index is 11.3. The van der Waals surface area contributed by atoms with Crippen molar-refractivity contribution in [3.8, 4) is 0 Å². The Labute approximate surface area is 114 Å². The van der Waals surface area contributed by atoms with E-state index in [0.717, 1.165) is 0 Å². The van der Waals surface area contributed by atoms with Gasteiger partial charge in [0.15, 0.2) is 6.10 Å². The lowest BCUT2D eigenvalue weighted by molar-refractivity contribution is -0.159. The molecule has 2 unspecified atom stereocenters. The topological polar surface area (TPSA) is 92.8 Å². The molecule has 0 aliphatic rings. The van der Waals surface area contributed by atoms with Gasteiger partial charge in [-0.3, -0.25) is 0 Å². The third-order valence-corrected chi connectivity index (χ3v) is 2.85. The number of anilines is 1. The molecule has 0 aliphatic heterocycles. The molecule has 0 fully saturated rings. The van der Waals surface area contributed by atoms with E-state index in [1.54, 1.807) is 6.92 Å². The summed E-state index contributed by atoms with van der Waals surface area (Å²) < 4.78 is 4.59. The van der Waals surface area contributed by atoms with Gasteiger partial charge in [-0.1, -0.05) is 23.2 Å². The summed E-state index contributed by atoms with van der Waals surface area (Å²) in [6.45, 7) is 1.67. The number of nitrogen functional groups attached to an aromatic ring is 1. The van der Waals surface area contributed by atoms with Crippen molar-refractivity contribution in [1.29, 1.82) is 0 Å². The van der Waals surface area contributed by atoms with Crippen molar-refractivity contribution in [2.45, 2.75) is 19.1 Å². The molecule has 0 saturated heterocycles. The van der Waals surface area contributed by atoms with Crippen LogP contribution in [0.3, 0.4) is 0 Å².